The van der Waals surface area contributed by atoms with Crippen molar-refractivity contribution in [1.82, 2.24) is 9.97 Å². The summed E-state index contributed by atoms with van der Waals surface area (Å²) in [4.78, 5) is 47.9. The minimum atomic E-state index is -1.17. The van der Waals surface area contributed by atoms with Crippen molar-refractivity contribution in [3.63, 3.8) is 0 Å². The van der Waals surface area contributed by atoms with Gasteiger partial charge in [-0.25, -0.2) is 9.18 Å². The molecule has 58 heavy (non-hydrogen) atoms. The number of anilines is 2. The number of carbonyl (C=O) groups is 3. The SMILES string of the molecule is COc1cc(C(CN)C(=O)Nc2ccc3cnccc3c2)ccc1CC(Nc1ccc2cnccc2c1)C(C(N)=O)c1ccc(COC(=O)c2ccccc2)cc1F. The maximum Gasteiger partial charge on any atom is 0.338 e. The average molecular weight is 777 g/mol. The van der Waals surface area contributed by atoms with Crippen molar-refractivity contribution in [2.45, 2.75) is 30.9 Å². The zero-order valence-corrected chi connectivity index (χ0v) is 31.6. The lowest BCUT2D eigenvalue weighted by Gasteiger charge is -2.29. The predicted molar refractivity (Wildman–Crippen MR) is 222 cm³/mol. The third-order valence-electron chi connectivity index (χ3n) is 10.1. The molecule has 0 aliphatic rings. The van der Waals surface area contributed by atoms with Crippen LogP contribution in [0.2, 0.25) is 0 Å². The summed E-state index contributed by atoms with van der Waals surface area (Å²) in [5, 5.41) is 10.1. The number of pyridine rings is 2. The Kier molecular flexibility index (Phi) is 11.9. The van der Waals surface area contributed by atoms with Crippen LogP contribution in [0.5, 0.6) is 5.75 Å². The summed E-state index contributed by atoms with van der Waals surface area (Å²) in [5.41, 5.74) is 15.7. The predicted octanol–water partition coefficient (Wildman–Crippen LogP) is 7.26. The molecule has 0 saturated heterocycles. The third-order valence-corrected chi connectivity index (χ3v) is 10.1. The van der Waals surface area contributed by atoms with Crippen LogP contribution >= 0.6 is 0 Å². The second-order valence-electron chi connectivity index (χ2n) is 13.9. The van der Waals surface area contributed by atoms with Gasteiger partial charge < -0.3 is 31.6 Å². The van der Waals surface area contributed by atoms with Crippen molar-refractivity contribution in [2.75, 3.05) is 24.3 Å². The molecule has 2 aromatic heterocycles. The van der Waals surface area contributed by atoms with E-state index in [0.29, 0.717) is 39.4 Å². The van der Waals surface area contributed by atoms with Gasteiger partial charge in [-0.05, 0) is 94.5 Å². The third kappa shape index (κ3) is 8.93. The lowest BCUT2D eigenvalue weighted by atomic mass is 9.85. The Morgan fingerprint density at radius 3 is 2.12 bits per heavy atom. The standard InChI is InChI=1S/C46H41FN6O5/c1-57-42-23-32(39(24-48)45(55)53-37-13-11-35-26-51-18-16-31(35)21-37)8-9-33(42)22-41(52-36-12-10-34-25-50-17-15-30(34)20-36)43(44(49)54)38-14-7-28(19-40(38)47)27-58-46(56)29-5-3-2-4-6-29/h2-21,23,25-26,39,41,43,52H,22,24,27,48H2,1H3,(H2,49,54)(H,53,55). The molecule has 6 N–H and O–H groups in total. The number of benzene rings is 5. The number of methoxy groups -OCH3 is 1. The number of aromatic nitrogens is 2. The summed E-state index contributed by atoms with van der Waals surface area (Å²) >= 11 is 0. The Morgan fingerprint density at radius 1 is 0.776 bits per heavy atom. The molecule has 5 aromatic carbocycles. The van der Waals surface area contributed by atoms with Crippen molar-refractivity contribution in [1.29, 1.82) is 0 Å². The number of primary amides is 1. The molecule has 2 heterocycles. The van der Waals surface area contributed by atoms with Crippen LogP contribution in [0.1, 0.15) is 44.4 Å². The highest BCUT2D eigenvalue weighted by Gasteiger charge is 2.32. The van der Waals surface area contributed by atoms with Crippen LogP contribution < -0.4 is 26.8 Å². The number of nitrogens with zero attached hydrogens (tertiary/aromatic N) is 2. The Hall–Kier alpha value is -7.18. The van der Waals surface area contributed by atoms with E-state index in [-0.39, 0.29) is 31.0 Å². The summed E-state index contributed by atoms with van der Waals surface area (Å²) in [6, 6.07) is 32.4. The summed E-state index contributed by atoms with van der Waals surface area (Å²) in [5.74, 6) is -3.72. The van der Waals surface area contributed by atoms with E-state index in [1.54, 1.807) is 73.3 Å². The number of amides is 2. The molecular weight excluding hydrogens is 736 g/mol. The smallest absolute Gasteiger partial charge is 0.338 e. The van der Waals surface area contributed by atoms with E-state index >= 15 is 4.39 Å². The van der Waals surface area contributed by atoms with Crippen LogP contribution in [0.15, 0.2) is 140 Å². The summed E-state index contributed by atoms with van der Waals surface area (Å²) < 4.78 is 27.4. The molecule has 3 atom stereocenters. The Balaban J connectivity index is 1.17. The van der Waals surface area contributed by atoms with E-state index in [1.165, 1.54) is 19.2 Å². The normalized spacial score (nSPS) is 12.7. The van der Waals surface area contributed by atoms with Crippen molar-refractivity contribution in [3.05, 3.63) is 174 Å². The van der Waals surface area contributed by atoms with Gasteiger partial charge in [-0.2, -0.15) is 0 Å². The van der Waals surface area contributed by atoms with Gasteiger partial charge in [0, 0.05) is 65.1 Å². The Morgan fingerprint density at radius 2 is 1.47 bits per heavy atom. The number of hydrogen-bond acceptors (Lipinski definition) is 9. The van der Waals surface area contributed by atoms with Gasteiger partial charge in [-0.15, -0.1) is 0 Å². The molecule has 0 bridgehead atoms. The first-order valence-electron chi connectivity index (χ1n) is 18.6. The van der Waals surface area contributed by atoms with E-state index in [1.807, 2.05) is 54.6 Å². The molecule has 0 aliphatic carbocycles. The number of carbonyl (C=O) groups excluding carboxylic acids is 3. The lowest BCUT2D eigenvalue weighted by molar-refractivity contribution is -0.120. The molecule has 292 valence electrons. The minimum Gasteiger partial charge on any atom is -0.496 e. The summed E-state index contributed by atoms with van der Waals surface area (Å²) in [6.45, 7) is -0.150. The molecule has 0 aliphatic heterocycles. The van der Waals surface area contributed by atoms with Crippen molar-refractivity contribution >= 4 is 50.7 Å². The summed E-state index contributed by atoms with van der Waals surface area (Å²) in [6.07, 6.45) is 7.04. The fourth-order valence-corrected chi connectivity index (χ4v) is 7.10. The van der Waals surface area contributed by atoms with Crippen molar-refractivity contribution < 1.29 is 28.2 Å². The zero-order valence-electron chi connectivity index (χ0n) is 31.6. The lowest BCUT2D eigenvalue weighted by Crippen LogP contribution is -2.38. The van der Waals surface area contributed by atoms with Gasteiger partial charge in [0.05, 0.1) is 24.5 Å². The number of nitrogens with one attached hydrogen (secondary N) is 2. The maximum atomic E-state index is 16.1. The van der Waals surface area contributed by atoms with Gasteiger partial charge in [0.1, 0.15) is 18.2 Å². The fraction of sp³-hybridized carbons (Fsp3) is 0.152. The van der Waals surface area contributed by atoms with E-state index < -0.39 is 35.6 Å². The molecule has 0 spiro atoms. The molecule has 3 unspecified atom stereocenters. The first-order valence-corrected chi connectivity index (χ1v) is 18.6. The van der Waals surface area contributed by atoms with Crippen LogP contribution in [0.4, 0.5) is 15.8 Å². The second kappa shape index (κ2) is 17.7. The molecule has 2 amide bonds. The van der Waals surface area contributed by atoms with E-state index in [2.05, 4.69) is 20.6 Å². The molecule has 0 saturated carbocycles. The van der Waals surface area contributed by atoms with Gasteiger partial charge >= 0.3 is 5.97 Å². The fourth-order valence-electron chi connectivity index (χ4n) is 7.10. The van der Waals surface area contributed by atoms with Crippen molar-refractivity contribution in [3.8, 4) is 5.75 Å². The van der Waals surface area contributed by atoms with Gasteiger partial charge in [-0.1, -0.05) is 54.6 Å². The highest BCUT2D eigenvalue weighted by atomic mass is 19.1. The molecule has 11 nitrogen and oxygen atoms in total. The van der Waals surface area contributed by atoms with Gasteiger partial charge in [-0.3, -0.25) is 19.6 Å². The topological polar surface area (TPSA) is 172 Å². The molecule has 0 fully saturated rings. The first-order chi connectivity index (χ1) is 28.2. The molecule has 7 aromatic rings. The first kappa shape index (κ1) is 39.1. The van der Waals surface area contributed by atoms with Gasteiger partial charge in [0.25, 0.3) is 0 Å². The highest BCUT2D eigenvalue weighted by Crippen LogP contribution is 2.33. The van der Waals surface area contributed by atoms with E-state index in [0.717, 1.165) is 21.5 Å². The monoisotopic (exact) mass is 776 g/mol. The number of fused-ring (bicyclic) bond motifs is 2. The molecule has 12 heteroatoms. The maximum absolute atomic E-state index is 16.1. The highest BCUT2D eigenvalue weighted by molar-refractivity contribution is 5.98. The van der Waals surface area contributed by atoms with E-state index in [9.17, 15) is 14.4 Å². The van der Waals surface area contributed by atoms with Crippen LogP contribution in [-0.2, 0) is 27.4 Å². The van der Waals surface area contributed by atoms with Crippen molar-refractivity contribution in [2.24, 2.45) is 11.5 Å². The quantitative estimate of drug-likeness (QED) is 0.0783. The van der Waals surface area contributed by atoms with Crippen LogP contribution in [0.3, 0.4) is 0 Å². The number of hydrogen-bond donors (Lipinski definition) is 4. The Bertz CT molecular complexity index is 2600. The number of rotatable bonds is 15. The molecule has 7 rings (SSSR count). The van der Waals surface area contributed by atoms with Gasteiger partial charge in [0.2, 0.25) is 11.8 Å². The number of ether oxygens (including phenoxy) is 2. The largest absolute Gasteiger partial charge is 0.496 e. The van der Waals surface area contributed by atoms with Crippen LogP contribution in [0, 0.1) is 5.82 Å². The molecular formula is C46H41FN6O5. The Labute approximate surface area is 334 Å². The summed E-state index contributed by atoms with van der Waals surface area (Å²) in [7, 11) is 1.51. The number of nitrogens with two attached hydrogens (primary N) is 2. The van der Waals surface area contributed by atoms with E-state index in [4.69, 9.17) is 20.9 Å². The van der Waals surface area contributed by atoms with Crippen LogP contribution in [-0.4, -0.2) is 47.4 Å². The second-order valence-corrected chi connectivity index (χ2v) is 13.9. The number of halogens is 1. The van der Waals surface area contributed by atoms with Gasteiger partial charge in [0.15, 0.2) is 0 Å². The minimum absolute atomic E-state index is 0.0258. The molecule has 0 radical (unpaired) electrons. The van der Waals surface area contributed by atoms with Crippen LogP contribution in [0.25, 0.3) is 21.5 Å². The average Bonchev–Trinajstić information content (AvgIpc) is 3.24. The zero-order chi connectivity index (χ0) is 40.6. The number of esters is 1.